The van der Waals surface area contributed by atoms with E-state index in [-0.39, 0.29) is 16.7 Å². The van der Waals surface area contributed by atoms with Crippen molar-refractivity contribution in [3.63, 3.8) is 0 Å². The van der Waals surface area contributed by atoms with Gasteiger partial charge in [-0.1, -0.05) is 6.92 Å². The van der Waals surface area contributed by atoms with E-state index in [4.69, 9.17) is 4.74 Å². The van der Waals surface area contributed by atoms with Gasteiger partial charge in [0, 0.05) is 10.8 Å². The van der Waals surface area contributed by atoms with Crippen molar-refractivity contribution in [1.29, 1.82) is 0 Å². The molecule has 0 spiro atoms. The highest BCUT2D eigenvalue weighted by Crippen LogP contribution is 2.42. The van der Waals surface area contributed by atoms with Crippen molar-refractivity contribution in [3.8, 4) is 16.2 Å². The molecule has 0 radical (unpaired) electrons. The Kier molecular flexibility index (Phi) is 7.10. The fraction of sp³-hybridized carbons (Fsp3) is 0.538. The predicted octanol–water partition coefficient (Wildman–Crippen LogP) is 5.83. The number of benzene rings is 1. The second-order valence-electron chi connectivity index (χ2n) is 9.81. The van der Waals surface area contributed by atoms with Crippen LogP contribution in [-0.2, 0) is 4.79 Å². The van der Waals surface area contributed by atoms with Crippen molar-refractivity contribution in [3.05, 3.63) is 35.2 Å². The summed E-state index contributed by atoms with van der Waals surface area (Å²) < 4.78 is 5.73. The Balaban J connectivity index is 1.77. The summed E-state index contributed by atoms with van der Waals surface area (Å²) in [5.41, 5.74) is 1.47. The number of hydrogen-bond acceptors (Lipinski definition) is 4. The van der Waals surface area contributed by atoms with Crippen LogP contribution >= 0.6 is 11.3 Å². The number of carbonyl (C=O) groups is 2. The summed E-state index contributed by atoms with van der Waals surface area (Å²) in [6.45, 7) is 3.95. The topological polar surface area (TPSA) is 66.8 Å². The molecule has 0 bridgehead atoms. The van der Waals surface area contributed by atoms with E-state index in [1.165, 1.54) is 11.3 Å². The summed E-state index contributed by atoms with van der Waals surface area (Å²) >= 11 is 1.25. The van der Waals surface area contributed by atoms with E-state index >= 15 is 0 Å². The molecule has 2 fully saturated rings. The highest BCUT2D eigenvalue weighted by atomic mass is 32.1. The Labute approximate surface area is 200 Å². The molecule has 2 heterocycles. The van der Waals surface area contributed by atoms with Crippen LogP contribution in [0.1, 0.15) is 61.5 Å². The Morgan fingerprint density at radius 1 is 1.06 bits per heavy atom. The second-order valence-corrected chi connectivity index (χ2v) is 10.9. The number of likely N-dealkylation sites (tertiary alicyclic amines) is 1. The van der Waals surface area contributed by atoms with E-state index in [1.807, 2.05) is 35.3 Å². The zero-order chi connectivity index (χ0) is 23.6. The van der Waals surface area contributed by atoms with Crippen LogP contribution in [0.25, 0.3) is 10.4 Å². The molecular formula is C26H35N2O4S+. The maximum Gasteiger partial charge on any atom is 0.348 e. The molecule has 0 atom stereocenters. The third kappa shape index (κ3) is 4.94. The molecule has 7 heteroatoms. The fourth-order valence-corrected chi connectivity index (χ4v) is 6.26. The van der Waals surface area contributed by atoms with Crippen LogP contribution in [0.15, 0.2) is 30.3 Å². The van der Waals surface area contributed by atoms with Crippen LogP contribution < -0.4 is 9.75 Å². The molecule has 1 N–H and O–H groups in total. The van der Waals surface area contributed by atoms with E-state index in [0.717, 1.165) is 74.2 Å². The molecule has 2 aromatic rings. The first-order chi connectivity index (χ1) is 15.8. The minimum atomic E-state index is -0.978. The second kappa shape index (κ2) is 9.85. The highest BCUT2D eigenvalue weighted by molar-refractivity contribution is 7.18. The molecule has 1 aromatic carbocycles. The minimum Gasteiger partial charge on any atom is -0.497 e. The highest BCUT2D eigenvalue weighted by Gasteiger charge is 2.43. The number of nitrogens with zero attached hydrogens (tertiary/aromatic N) is 2. The summed E-state index contributed by atoms with van der Waals surface area (Å²) in [4.78, 5) is 27.5. The van der Waals surface area contributed by atoms with E-state index in [2.05, 4.69) is 14.0 Å². The van der Waals surface area contributed by atoms with Gasteiger partial charge < -0.3 is 9.84 Å². The van der Waals surface area contributed by atoms with Gasteiger partial charge >= 0.3 is 5.97 Å². The number of carboxylic acid groups (broad SMARTS) is 1. The lowest BCUT2D eigenvalue weighted by Gasteiger charge is -2.46. The quantitative estimate of drug-likeness (QED) is 0.539. The number of piperidine rings is 1. The number of carbonyl (C=O) groups excluding carboxylic acids is 1. The first-order valence-corrected chi connectivity index (χ1v) is 12.8. The van der Waals surface area contributed by atoms with Crippen LogP contribution in [0.3, 0.4) is 0 Å². The van der Waals surface area contributed by atoms with Crippen molar-refractivity contribution < 1.29 is 24.0 Å². The number of carboxylic acids is 1. The van der Waals surface area contributed by atoms with Crippen molar-refractivity contribution in [2.45, 2.75) is 51.9 Å². The summed E-state index contributed by atoms with van der Waals surface area (Å²) in [5.74, 6) is 0.480. The summed E-state index contributed by atoms with van der Waals surface area (Å²) in [6, 6.07) is 9.54. The van der Waals surface area contributed by atoms with Crippen molar-refractivity contribution in [2.24, 2.45) is 11.8 Å². The summed E-state index contributed by atoms with van der Waals surface area (Å²) in [7, 11) is 3.72. The number of thiophene rings is 1. The number of ether oxygens (including phenoxy) is 1. The molecule has 178 valence electrons. The van der Waals surface area contributed by atoms with Crippen LogP contribution in [0.2, 0.25) is 0 Å². The van der Waals surface area contributed by atoms with Gasteiger partial charge in [0.25, 0.3) is 5.91 Å². The Morgan fingerprint density at radius 3 is 2.27 bits per heavy atom. The van der Waals surface area contributed by atoms with Gasteiger partial charge in [0.05, 0.1) is 14.2 Å². The van der Waals surface area contributed by atoms with Gasteiger partial charge in [-0.3, -0.25) is 4.79 Å². The lowest BCUT2D eigenvalue weighted by atomic mass is 9.82. The molecule has 4 rings (SSSR count). The maximum atomic E-state index is 14.0. The zero-order valence-corrected chi connectivity index (χ0v) is 20.7. The number of anilines is 1. The Hall–Kier alpha value is -2.38. The fourth-order valence-electron chi connectivity index (χ4n) is 5.28. The van der Waals surface area contributed by atoms with E-state index in [1.54, 1.807) is 7.11 Å². The third-order valence-electron chi connectivity index (χ3n) is 7.35. The average Bonchev–Trinajstić information content (AvgIpc) is 3.25. The molecule has 1 aliphatic carbocycles. The Morgan fingerprint density at radius 2 is 1.70 bits per heavy atom. The molecule has 0 unspecified atom stereocenters. The number of amides is 1. The number of hydrogen-bond donors (Lipinski definition) is 1. The van der Waals surface area contributed by atoms with Crippen LogP contribution in [0.5, 0.6) is 5.75 Å². The van der Waals surface area contributed by atoms with E-state index in [9.17, 15) is 14.7 Å². The van der Waals surface area contributed by atoms with Gasteiger partial charge in [-0.15, -0.1) is 11.3 Å². The molecule has 1 amide bonds. The first kappa shape index (κ1) is 23.8. The molecule has 1 aromatic heterocycles. The number of rotatable bonds is 6. The number of aromatic carboxylic acids is 1. The molecule has 1 saturated heterocycles. The van der Waals surface area contributed by atoms with Crippen molar-refractivity contribution >= 4 is 28.9 Å². The molecule has 1 saturated carbocycles. The molecule has 33 heavy (non-hydrogen) atoms. The summed E-state index contributed by atoms with van der Waals surface area (Å²) in [6.07, 6.45) is 7.12. The Bertz CT molecular complexity index is 986. The van der Waals surface area contributed by atoms with Crippen molar-refractivity contribution in [2.75, 3.05) is 32.3 Å². The maximum absolute atomic E-state index is 14.0. The van der Waals surface area contributed by atoms with Gasteiger partial charge in [0.15, 0.2) is 0 Å². The van der Waals surface area contributed by atoms with Gasteiger partial charge in [-0.25, -0.2) is 9.39 Å². The standard InChI is InChI=1S/C26H34N2O4S/c1-18-7-9-20(10-8-18)25(29)27(28(2)15-5-4-6-16-28)22-17-23(33-24(22)26(30)31)19-11-13-21(32-3)14-12-19/h11-14,17-18,20H,4-10,15-16H2,1-3H3/p+1. The summed E-state index contributed by atoms with van der Waals surface area (Å²) in [5, 5.41) is 12.0. The predicted molar refractivity (Wildman–Crippen MR) is 132 cm³/mol. The normalized spacial score (nSPS) is 22.5. The monoisotopic (exact) mass is 471 g/mol. The minimum absolute atomic E-state index is 0.0379. The van der Waals surface area contributed by atoms with Gasteiger partial charge in [0.1, 0.15) is 29.4 Å². The molecule has 1 aliphatic heterocycles. The van der Waals surface area contributed by atoms with Crippen molar-refractivity contribution in [1.82, 2.24) is 0 Å². The molecule has 2 aliphatic rings. The van der Waals surface area contributed by atoms with Gasteiger partial charge in [0.2, 0.25) is 0 Å². The van der Waals surface area contributed by atoms with Gasteiger partial charge in [-0.2, -0.15) is 5.01 Å². The number of quaternary nitrogens is 1. The largest absolute Gasteiger partial charge is 0.497 e. The average molecular weight is 472 g/mol. The lowest BCUT2D eigenvalue weighted by Crippen LogP contribution is -2.64. The number of methoxy groups -OCH3 is 1. The van der Waals surface area contributed by atoms with Crippen LogP contribution in [0, 0.1) is 11.8 Å². The SMILES string of the molecule is COc1ccc(-c2cc(N(C(=O)C3CCC(C)CC3)[N+]3(C)CCCCC3)c(C(=O)O)s2)cc1. The smallest absolute Gasteiger partial charge is 0.348 e. The lowest BCUT2D eigenvalue weighted by molar-refractivity contribution is -0.915. The third-order valence-corrected chi connectivity index (χ3v) is 8.51. The molecular weight excluding hydrogens is 436 g/mol. The van der Waals surface area contributed by atoms with E-state index in [0.29, 0.717) is 16.2 Å². The molecule has 6 nitrogen and oxygen atoms in total. The van der Waals surface area contributed by atoms with Crippen LogP contribution in [0.4, 0.5) is 5.69 Å². The van der Waals surface area contributed by atoms with Gasteiger partial charge in [-0.05, 0) is 86.8 Å². The zero-order valence-electron chi connectivity index (χ0n) is 19.9. The van der Waals surface area contributed by atoms with Crippen LogP contribution in [-0.4, -0.2) is 48.8 Å². The van der Waals surface area contributed by atoms with E-state index < -0.39 is 5.97 Å². The first-order valence-electron chi connectivity index (χ1n) is 12.0.